The monoisotopic (exact) mass is 268 g/mol. The molecule has 1 aromatic heterocycles. The van der Waals surface area contributed by atoms with E-state index in [4.69, 9.17) is 4.74 Å². The smallest absolute Gasteiger partial charge is 0.0996 e. The highest BCUT2D eigenvalue weighted by Crippen LogP contribution is 2.34. The van der Waals surface area contributed by atoms with E-state index >= 15 is 0 Å². The van der Waals surface area contributed by atoms with Gasteiger partial charge < -0.3 is 10.1 Å². The number of hydrogen-bond donors (Lipinski definition) is 1. The van der Waals surface area contributed by atoms with Gasteiger partial charge in [-0.1, -0.05) is 0 Å². The quantitative estimate of drug-likeness (QED) is 0.780. The molecule has 1 fully saturated rings. The van der Waals surface area contributed by atoms with Crippen LogP contribution >= 0.6 is 15.9 Å². The highest BCUT2D eigenvalue weighted by atomic mass is 79.9. The molecule has 0 spiro atoms. The lowest BCUT2D eigenvalue weighted by Gasteiger charge is -2.37. The molecule has 1 aromatic rings. The van der Waals surface area contributed by atoms with Crippen LogP contribution in [0.4, 0.5) is 0 Å². The van der Waals surface area contributed by atoms with Gasteiger partial charge in [-0.25, -0.2) is 0 Å². The van der Waals surface area contributed by atoms with E-state index in [2.05, 4.69) is 32.3 Å². The molecule has 1 aliphatic carbocycles. The second-order valence-corrected chi connectivity index (χ2v) is 5.00. The molecule has 2 heterocycles. The van der Waals surface area contributed by atoms with Crippen molar-refractivity contribution >= 4 is 15.9 Å². The number of ether oxygens (including phenoxy) is 1. The van der Waals surface area contributed by atoms with E-state index in [1.165, 1.54) is 11.3 Å². The number of rotatable bonds is 0. The van der Waals surface area contributed by atoms with Gasteiger partial charge in [-0.3, -0.25) is 4.98 Å². The number of halogens is 1. The fraction of sp³-hybridized carbons (Fsp3) is 0.545. The predicted molar refractivity (Wildman–Crippen MR) is 60.7 cm³/mol. The standard InChI is InChI=1S/C11H13BrN2O/c12-7-5-8-9(14-6-7)1-2-10-11(8)15-4-3-13-10/h5-6,10-11,13H,1-4H2/t10-,11+/m1/s1. The first-order valence-electron chi connectivity index (χ1n) is 5.34. The van der Waals surface area contributed by atoms with E-state index in [1.54, 1.807) is 0 Å². The number of hydrogen-bond acceptors (Lipinski definition) is 3. The Morgan fingerprint density at radius 1 is 1.53 bits per heavy atom. The van der Waals surface area contributed by atoms with Crippen molar-refractivity contribution in [1.29, 1.82) is 0 Å². The molecule has 80 valence electrons. The van der Waals surface area contributed by atoms with Gasteiger partial charge >= 0.3 is 0 Å². The van der Waals surface area contributed by atoms with Crippen LogP contribution in [0, 0.1) is 0 Å². The lowest BCUT2D eigenvalue weighted by molar-refractivity contribution is -0.0132. The molecular weight excluding hydrogens is 256 g/mol. The SMILES string of the molecule is Brc1cnc2c(c1)[C@@H]1OCCN[C@@H]1CC2. The third-order valence-corrected chi connectivity index (χ3v) is 3.57. The van der Waals surface area contributed by atoms with Crippen LogP contribution in [0.2, 0.25) is 0 Å². The molecule has 0 bridgehead atoms. The summed E-state index contributed by atoms with van der Waals surface area (Å²) >= 11 is 3.47. The molecule has 0 aromatic carbocycles. The van der Waals surface area contributed by atoms with Gasteiger partial charge in [0.25, 0.3) is 0 Å². The maximum atomic E-state index is 5.84. The Bertz CT molecular complexity index is 383. The third-order valence-electron chi connectivity index (χ3n) is 3.14. The number of aromatic nitrogens is 1. The number of nitrogens with one attached hydrogen (secondary N) is 1. The van der Waals surface area contributed by atoms with Crippen LogP contribution in [0.3, 0.4) is 0 Å². The summed E-state index contributed by atoms with van der Waals surface area (Å²) in [6.45, 7) is 1.77. The molecule has 1 N–H and O–H groups in total. The number of pyridine rings is 1. The molecule has 2 aliphatic rings. The van der Waals surface area contributed by atoms with E-state index in [1.807, 2.05) is 6.20 Å². The molecular formula is C11H13BrN2O. The largest absolute Gasteiger partial charge is 0.371 e. The maximum Gasteiger partial charge on any atom is 0.0996 e. The third kappa shape index (κ3) is 1.71. The number of morpholine rings is 1. The van der Waals surface area contributed by atoms with Gasteiger partial charge in [0.05, 0.1) is 12.7 Å². The molecule has 0 saturated carbocycles. The molecule has 3 nitrogen and oxygen atoms in total. The predicted octanol–water partition coefficient (Wildman–Crippen LogP) is 1.82. The minimum Gasteiger partial charge on any atom is -0.371 e. The minimum atomic E-state index is 0.201. The molecule has 3 rings (SSSR count). The minimum absolute atomic E-state index is 0.201. The Morgan fingerprint density at radius 2 is 2.47 bits per heavy atom. The molecule has 1 aliphatic heterocycles. The first-order chi connectivity index (χ1) is 7.34. The van der Waals surface area contributed by atoms with Crippen LogP contribution in [-0.4, -0.2) is 24.2 Å². The Hall–Kier alpha value is -0.450. The molecule has 0 amide bonds. The van der Waals surface area contributed by atoms with Gasteiger partial charge in [0.15, 0.2) is 0 Å². The van der Waals surface area contributed by atoms with Gasteiger partial charge in [0.2, 0.25) is 0 Å². The zero-order valence-electron chi connectivity index (χ0n) is 8.37. The average molecular weight is 269 g/mol. The lowest BCUT2D eigenvalue weighted by atomic mass is 9.88. The van der Waals surface area contributed by atoms with Crippen LogP contribution in [0.5, 0.6) is 0 Å². The summed E-state index contributed by atoms with van der Waals surface area (Å²) in [6.07, 6.45) is 4.26. The fourth-order valence-electron chi connectivity index (χ4n) is 2.44. The maximum absolute atomic E-state index is 5.84. The van der Waals surface area contributed by atoms with Gasteiger partial charge in [-0.05, 0) is 34.8 Å². The van der Waals surface area contributed by atoms with Crippen molar-refractivity contribution in [3.05, 3.63) is 28.0 Å². The Balaban J connectivity index is 2.01. The fourth-order valence-corrected chi connectivity index (χ4v) is 2.79. The lowest BCUT2D eigenvalue weighted by Crippen LogP contribution is -2.46. The molecule has 2 atom stereocenters. The second kappa shape index (κ2) is 3.85. The molecule has 0 unspecified atom stereocenters. The summed E-state index contributed by atoms with van der Waals surface area (Å²) in [5, 5.41) is 3.51. The number of fused-ring (bicyclic) bond motifs is 3. The van der Waals surface area contributed by atoms with Crippen molar-refractivity contribution < 1.29 is 4.74 Å². The normalized spacial score (nSPS) is 29.4. The van der Waals surface area contributed by atoms with E-state index in [0.717, 1.165) is 30.5 Å². The van der Waals surface area contributed by atoms with Crippen molar-refractivity contribution in [2.75, 3.05) is 13.2 Å². The van der Waals surface area contributed by atoms with Crippen LogP contribution < -0.4 is 5.32 Å². The van der Waals surface area contributed by atoms with Crippen LogP contribution in [0.25, 0.3) is 0 Å². The van der Waals surface area contributed by atoms with E-state index in [-0.39, 0.29) is 6.10 Å². The molecule has 4 heteroatoms. The Kier molecular flexibility index (Phi) is 2.50. The van der Waals surface area contributed by atoms with E-state index in [9.17, 15) is 0 Å². The summed E-state index contributed by atoms with van der Waals surface area (Å²) < 4.78 is 6.88. The van der Waals surface area contributed by atoms with Crippen molar-refractivity contribution in [3.63, 3.8) is 0 Å². The Labute approximate surface area is 97.4 Å². The van der Waals surface area contributed by atoms with Crippen LogP contribution in [-0.2, 0) is 11.2 Å². The second-order valence-electron chi connectivity index (χ2n) is 4.08. The first kappa shape index (κ1) is 9.75. The molecule has 0 radical (unpaired) electrons. The first-order valence-corrected chi connectivity index (χ1v) is 6.13. The average Bonchev–Trinajstić information content (AvgIpc) is 2.29. The van der Waals surface area contributed by atoms with Crippen molar-refractivity contribution in [3.8, 4) is 0 Å². The van der Waals surface area contributed by atoms with Crippen molar-refractivity contribution in [1.82, 2.24) is 10.3 Å². The highest BCUT2D eigenvalue weighted by molar-refractivity contribution is 9.10. The summed E-state index contributed by atoms with van der Waals surface area (Å²) in [7, 11) is 0. The van der Waals surface area contributed by atoms with E-state index < -0.39 is 0 Å². The summed E-state index contributed by atoms with van der Waals surface area (Å²) in [5.74, 6) is 0. The highest BCUT2D eigenvalue weighted by Gasteiger charge is 2.33. The van der Waals surface area contributed by atoms with Crippen molar-refractivity contribution in [2.45, 2.75) is 25.0 Å². The number of aryl methyl sites for hydroxylation is 1. The van der Waals surface area contributed by atoms with Crippen LogP contribution in [0.1, 0.15) is 23.8 Å². The topological polar surface area (TPSA) is 34.1 Å². The van der Waals surface area contributed by atoms with Gasteiger partial charge in [-0.15, -0.1) is 0 Å². The van der Waals surface area contributed by atoms with Crippen molar-refractivity contribution in [2.24, 2.45) is 0 Å². The van der Waals surface area contributed by atoms with Gasteiger partial charge in [0.1, 0.15) is 0 Å². The van der Waals surface area contributed by atoms with Gasteiger partial charge in [-0.2, -0.15) is 0 Å². The zero-order chi connectivity index (χ0) is 10.3. The van der Waals surface area contributed by atoms with Gasteiger partial charge in [0, 0.05) is 34.5 Å². The molecule has 1 saturated heterocycles. The van der Waals surface area contributed by atoms with Crippen LogP contribution in [0.15, 0.2) is 16.7 Å². The van der Waals surface area contributed by atoms with E-state index in [0.29, 0.717) is 6.04 Å². The summed E-state index contributed by atoms with van der Waals surface area (Å²) in [6, 6.07) is 2.62. The summed E-state index contributed by atoms with van der Waals surface area (Å²) in [5.41, 5.74) is 2.45. The summed E-state index contributed by atoms with van der Waals surface area (Å²) in [4.78, 5) is 4.46. The Morgan fingerprint density at radius 3 is 3.40 bits per heavy atom. The zero-order valence-corrected chi connectivity index (χ0v) is 9.96. The number of nitrogens with zero attached hydrogens (tertiary/aromatic N) is 1. The molecule has 15 heavy (non-hydrogen) atoms.